The molecule has 0 radical (unpaired) electrons. The van der Waals surface area contributed by atoms with Gasteiger partial charge >= 0.3 is 0 Å². The maximum absolute atomic E-state index is 11.5. The third-order valence-corrected chi connectivity index (χ3v) is 3.52. The Morgan fingerprint density at radius 3 is 2.88 bits per heavy atom. The summed E-state index contributed by atoms with van der Waals surface area (Å²) in [6.07, 6.45) is 1.44. The highest BCUT2D eigenvalue weighted by Crippen LogP contribution is 2.14. The van der Waals surface area contributed by atoms with Gasteiger partial charge in [-0.1, -0.05) is 6.92 Å². The lowest BCUT2D eigenvalue weighted by Gasteiger charge is -2.07. The van der Waals surface area contributed by atoms with E-state index in [4.69, 9.17) is 5.73 Å². The van der Waals surface area contributed by atoms with Crippen LogP contribution in [0.1, 0.15) is 29.5 Å². The zero-order chi connectivity index (χ0) is 12.0. The monoisotopic (exact) mass is 240 g/mol. The Bertz CT molecular complexity index is 336. The standard InChI is InChI=1S/C12H20N2OS/c1-9(7-13)3-6-12(15)14-8-11-5-4-10(2)16-11/h4-5,9H,3,6-8,13H2,1-2H3,(H,14,15). The van der Waals surface area contributed by atoms with Crippen LogP contribution in [0.15, 0.2) is 12.1 Å². The van der Waals surface area contributed by atoms with E-state index in [9.17, 15) is 4.79 Å². The van der Waals surface area contributed by atoms with Crippen LogP contribution in [0.3, 0.4) is 0 Å². The average molecular weight is 240 g/mol. The largest absolute Gasteiger partial charge is 0.351 e. The number of carbonyl (C=O) groups is 1. The topological polar surface area (TPSA) is 55.1 Å². The Kier molecular flexibility index (Phi) is 5.49. The van der Waals surface area contributed by atoms with Crippen molar-refractivity contribution >= 4 is 17.2 Å². The number of hydrogen-bond donors (Lipinski definition) is 2. The van der Waals surface area contributed by atoms with E-state index in [-0.39, 0.29) is 5.91 Å². The van der Waals surface area contributed by atoms with Gasteiger partial charge in [-0.05, 0) is 37.9 Å². The van der Waals surface area contributed by atoms with Crippen LogP contribution in [-0.2, 0) is 11.3 Å². The van der Waals surface area contributed by atoms with Crippen LogP contribution in [0.25, 0.3) is 0 Å². The molecule has 0 fully saturated rings. The van der Waals surface area contributed by atoms with Crippen molar-refractivity contribution in [3.63, 3.8) is 0 Å². The molecular weight excluding hydrogens is 220 g/mol. The molecule has 0 aromatic carbocycles. The molecule has 90 valence electrons. The summed E-state index contributed by atoms with van der Waals surface area (Å²) in [6, 6.07) is 4.13. The summed E-state index contributed by atoms with van der Waals surface area (Å²) in [5, 5.41) is 2.92. The number of amides is 1. The first-order chi connectivity index (χ1) is 7.61. The Morgan fingerprint density at radius 1 is 1.56 bits per heavy atom. The maximum Gasteiger partial charge on any atom is 0.220 e. The second-order valence-corrected chi connectivity index (χ2v) is 5.54. The third-order valence-electron chi connectivity index (χ3n) is 2.52. The summed E-state index contributed by atoms with van der Waals surface area (Å²) < 4.78 is 0. The van der Waals surface area contributed by atoms with Crippen LogP contribution in [-0.4, -0.2) is 12.5 Å². The summed E-state index contributed by atoms with van der Waals surface area (Å²) in [5.74, 6) is 0.543. The average Bonchev–Trinajstić information content (AvgIpc) is 2.69. The van der Waals surface area contributed by atoms with E-state index in [0.717, 1.165) is 6.42 Å². The first-order valence-corrected chi connectivity index (χ1v) is 6.45. The molecule has 3 nitrogen and oxygen atoms in total. The molecule has 1 amide bonds. The SMILES string of the molecule is Cc1ccc(CNC(=O)CCC(C)CN)s1. The number of carbonyl (C=O) groups excluding carboxylic acids is 1. The highest BCUT2D eigenvalue weighted by atomic mass is 32.1. The Morgan fingerprint density at radius 2 is 2.31 bits per heavy atom. The molecular formula is C12H20N2OS. The molecule has 1 rings (SSSR count). The van der Waals surface area contributed by atoms with Crippen molar-refractivity contribution in [2.24, 2.45) is 11.7 Å². The van der Waals surface area contributed by atoms with Crippen LogP contribution in [0.4, 0.5) is 0 Å². The van der Waals surface area contributed by atoms with Gasteiger partial charge in [-0.3, -0.25) is 4.79 Å². The normalized spacial score (nSPS) is 12.4. The van der Waals surface area contributed by atoms with Crippen molar-refractivity contribution < 1.29 is 4.79 Å². The molecule has 4 heteroatoms. The predicted molar refractivity (Wildman–Crippen MR) is 68.4 cm³/mol. The number of aryl methyl sites for hydroxylation is 1. The van der Waals surface area contributed by atoms with E-state index in [1.165, 1.54) is 9.75 Å². The summed E-state index contributed by atoms with van der Waals surface area (Å²) >= 11 is 1.72. The highest BCUT2D eigenvalue weighted by Gasteiger charge is 2.05. The smallest absolute Gasteiger partial charge is 0.220 e. The minimum atomic E-state index is 0.117. The lowest BCUT2D eigenvalue weighted by atomic mass is 10.1. The van der Waals surface area contributed by atoms with Crippen LogP contribution in [0, 0.1) is 12.8 Å². The van der Waals surface area contributed by atoms with Gasteiger partial charge in [-0.15, -0.1) is 11.3 Å². The second-order valence-electron chi connectivity index (χ2n) is 4.17. The van der Waals surface area contributed by atoms with Gasteiger partial charge in [-0.2, -0.15) is 0 Å². The van der Waals surface area contributed by atoms with E-state index >= 15 is 0 Å². The molecule has 1 aromatic rings. The van der Waals surface area contributed by atoms with E-state index < -0.39 is 0 Å². The molecule has 0 spiro atoms. The molecule has 1 aromatic heterocycles. The number of rotatable bonds is 6. The lowest BCUT2D eigenvalue weighted by molar-refractivity contribution is -0.121. The minimum absolute atomic E-state index is 0.117. The highest BCUT2D eigenvalue weighted by molar-refractivity contribution is 7.11. The molecule has 3 N–H and O–H groups in total. The minimum Gasteiger partial charge on any atom is -0.351 e. The molecule has 0 saturated carbocycles. The van der Waals surface area contributed by atoms with Crippen molar-refractivity contribution in [2.45, 2.75) is 33.2 Å². The summed E-state index contributed by atoms with van der Waals surface area (Å²) in [7, 11) is 0. The number of nitrogens with two attached hydrogens (primary N) is 1. The Labute approximate surface area is 101 Å². The molecule has 1 atom stereocenters. The third kappa shape index (κ3) is 4.77. The van der Waals surface area contributed by atoms with Gasteiger partial charge in [0.15, 0.2) is 0 Å². The van der Waals surface area contributed by atoms with Crippen molar-refractivity contribution in [2.75, 3.05) is 6.54 Å². The van der Waals surface area contributed by atoms with Crippen molar-refractivity contribution in [1.82, 2.24) is 5.32 Å². The predicted octanol–water partition coefficient (Wildman–Crippen LogP) is 2.05. The molecule has 0 aliphatic rings. The van der Waals surface area contributed by atoms with Gasteiger partial charge in [0.2, 0.25) is 5.91 Å². The molecule has 0 aliphatic carbocycles. The van der Waals surface area contributed by atoms with Gasteiger partial charge in [0.1, 0.15) is 0 Å². The molecule has 16 heavy (non-hydrogen) atoms. The fourth-order valence-corrected chi connectivity index (χ4v) is 2.18. The molecule has 1 heterocycles. The Hall–Kier alpha value is -0.870. The summed E-state index contributed by atoms with van der Waals surface area (Å²) in [6.45, 7) is 5.43. The van der Waals surface area contributed by atoms with Crippen LogP contribution >= 0.6 is 11.3 Å². The van der Waals surface area contributed by atoms with E-state index in [1.807, 2.05) is 0 Å². The summed E-state index contributed by atoms with van der Waals surface area (Å²) in [4.78, 5) is 14.0. The van der Waals surface area contributed by atoms with E-state index in [2.05, 4.69) is 31.3 Å². The molecule has 0 saturated heterocycles. The van der Waals surface area contributed by atoms with Gasteiger partial charge < -0.3 is 11.1 Å². The number of thiophene rings is 1. The molecule has 0 bridgehead atoms. The van der Waals surface area contributed by atoms with Gasteiger partial charge in [0.05, 0.1) is 6.54 Å². The molecule has 0 aliphatic heterocycles. The van der Waals surface area contributed by atoms with E-state index in [1.54, 1.807) is 11.3 Å². The van der Waals surface area contributed by atoms with Crippen LogP contribution < -0.4 is 11.1 Å². The number of hydrogen-bond acceptors (Lipinski definition) is 3. The quantitative estimate of drug-likeness (QED) is 0.799. The van der Waals surface area contributed by atoms with Crippen molar-refractivity contribution in [1.29, 1.82) is 0 Å². The van der Waals surface area contributed by atoms with Gasteiger partial charge in [0, 0.05) is 16.2 Å². The first-order valence-electron chi connectivity index (χ1n) is 5.64. The zero-order valence-corrected chi connectivity index (χ0v) is 10.8. The molecule has 1 unspecified atom stereocenters. The zero-order valence-electron chi connectivity index (χ0n) is 9.95. The Balaban J connectivity index is 2.20. The van der Waals surface area contributed by atoms with Gasteiger partial charge in [0.25, 0.3) is 0 Å². The second kappa shape index (κ2) is 6.66. The first kappa shape index (κ1) is 13.2. The van der Waals surface area contributed by atoms with Crippen LogP contribution in [0.2, 0.25) is 0 Å². The van der Waals surface area contributed by atoms with Crippen molar-refractivity contribution in [3.8, 4) is 0 Å². The van der Waals surface area contributed by atoms with Crippen LogP contribution in [0.5, 0.6) is 0 Å². The summed E-state index contributed by atoms with van der Waals surface area (Å²) in [5.41, 5.74) is 5.50. The number of nitrogens with one attached hydrogen (secondary N) is 1. The lowest BCUT2D eigenvalue weighted by Crippen LogP contribution is -2.23. The fraction of sp³-hybridized carbons (Fsp3) is 0.583. The van der Waals surface area contributed by atoms with E-state index in [0.29, 0.717) is 25.4 Å². The maximum atomic E-state index is 11.5. The van der Waals surface area contributed by atoms with Crippen molar-refractivity contribution in [3.05, 3.63) is 21.9 Å². The van der Waals surface area contributed by atoms with Gasteiger partial charge in [-0.25, -0.2) is 0 Å². The fourth-order valence-electron chi connectivity index (χ4n) is 1.35.